The molecule has 2 amide bonds. The minimum Gasteiger partial charge on any atom is -0.493 e. The number of amides is 2. The number of hydrogen-bond donors (Lipinski definition) is 1. The predicted molar refractivity (Wildman–Crippen MR) is 103 cm³/mol. The highest BCUT2D eigenvalue weighted by molar-refractivity contribution is 5.90. The highest BCUT2D eigenvalue weighted by Crippen LogP contribution is 2.24. The summed E-state index contributed by atoms with van der Waals surface area (Å²) in [5.41, 5.74) is 3.00. The fraction of sp³-hybridized carbons (Fsp3) is 0.333. The standard InChI is InChI=1S/C21H24N2O4/c1-15-10-16(2)12-17(11-15)23-14-19(27-21(23)25)13-22-20(24)8-9-26-18-6-4-3-5-7-18/h3-7,10-12,19H,8-9,13-14H2,1-2H3,(H,22,24). The van der Waals surface area contributed by atoms with Gasteiger partial charge in [0.2, 0.25) is 5.91 Å². The molecular weight excluding hydrogens is 344 g/mol. The Labute approximate surface area is 159 Å². The maximum absolute atomic E-state index is 12.2. The lowest BCUT2D eigenvalue weighted by Crippen LogP contribution is -2.35. The summed E-state index contributed by atoms with van der Waals surface area (Å²) >= 11 is 0. The zero-order chi connectivity index (χ0) is 19.2. The molecule has 0 aliphatic carbocycles. The van der Waals surface area contributed by atoms with Gasteiger partial charge in [-0.1, -0.05) is 24.3 Å². The largest absolute Gasteiger partial charge is 0.493 e. The zero-order valence-electron chi connectivity index (χ0n) is 15.6. The van der Waals surface area contributed by atoms with E-state index in [4.69, 9.17) is 9.47 Å². The number of nitrogens with one attached hydrogen (secondary N) is 1. The van der Waals surface area contributed by atoms with Gasteiger partial charge in [-0.05, 0) is 49.2 Å². The van der Waals surface area contributed by atoms with E-state index in [1.165, 1.54) is 0 Å². The Hall–Kier alpha value is -3.02. The maximum Gasteiger partial charge on any atom is 0.414 e. The summed E-state index contributed by atoms with van der Waals surface area (Å²) in [4.78, 5) is 25.7. The lowest BCUT2D eigenvalue weighted by atomic mass is 10.1. The summed E-state index contributed by atoms with van der Waals surface area (Å²) in [6.07, 6.45) is -0.500. The highest BCUT2D eigenvalue weighted by atomic mass is 16.6. The first-order valence-electron chi connectivity index (χ1n) is 9.02. The minimum atomic E-state index is -0.383. The molecule has 6 nitrogen and oxygen atoms in total. The van der Waals surface area contributed by atoms with Gasteiger partial charge in [-0.15, -0.1) is 0 Å². The highest BCUT2D eigenvalue weighted by Gasteiger charge is 2.32. The van der Waals surface area contributed by atoms with Crippen molar-refractivity contribution >= 4 is 17.7 Å². The van der Waals surface area contributed by atoms with Gasteiger partial charge in [-0.3, -0.25) is 9.69 Å². The van der Waals surface area contributed by atoms with Crippen LogP contribution in [0.5, 0.6) is 5.75 Å². The van der Waals surface area contributed by atoms with Crippen molar-refractivity contribution in [3.05, 3.63) is 59.7 Å². The summed E-state index contributed by atoms with van der Waals surface area (Å²) in [6.45, 7) is 5.00. The number of carbonyl (C=O) groups excluding carboxylic acids is 2. The molecule has 2 aromatic rings. The van der Waals surface area contributed by atoms with Gasteiger partial charge in [0.1, 0.15) is 11.9 Å². The van der Waals surface area contributed by atoms with Crippen LogP contribution >= 0.6 is 0 Å². The molecule has 0 aromatic heterocycles. The molecule has 1 N–H and O–H groups in total. The van der Waals surface area contributed by atoms with Crippen LogP contribution in [0, 0.1) is 13.8 Å². The molecule has 1 unspecified atom stereocenters. The van der Waals surface area contributed by atoms with Gasteiger partial charge >= 0.3 is 6.09 Å². The second-order valence-electron chi connectivity index (χ2n) is 6.68. The number of aryl methyl sites for hydroxylation is 2. The normalized spacial score (nSPS) is 16.1. The molecule has 2 aromatic carbocycles. The molecule has 0 saturated carbocycles. The molecule has 27 heavy (non-hydrogen) atoms. The van der Waals surface area contributed by atoms with E-state index < -0.39 is 0 Å². The van der Waals surface area contributed by atoms with Crippen LogP contribution < -0.4 is 15.0 Å². The van der Waals surface area contributed by atoms with Gasteiger partial charge in [0.15, 0.2) is 0 Å². The Balaban J connectivity index is 1.43. The van der Waals surface area contributed by atoms with E-state index >= 15 is 0 Å². The van der Waals surface area contributed by atoms with E-state index in [1.54, 1.807) is 4.90 Å². The maximum atomic E-state index is 12.2. The summed E-state index contributed by atoms with van der Waals surface area (Å²) in [5.74, 6) is 0.603. The van der Waals surface area contributed by atoms with Crippen molar-refractivity contribution in [2.75, 3.05) is 24.6 Å². The van der Waals surface area contributed by atoms with Crippen LogP contribution in [0.15, 0.2) is 48.5 Å². The van der Waals surface area contributed by atoms with Crippen LogP contribution in [-0.2, 0) is 9.53 Å². The van der Waals surface area contributed by atoms with Crippen molar-refractivity contribution in [2.45, 2.75) is 26.4 Å². The van der Waals surface area contributed by atoms with E-state index in [-0.39, 0.29) is 31.1 Å². The second kappa shape index (κ2) is 8.58. The Morgan fingerprint density at radius 3 is 2.59 bits per heavy atom. The fourth-order valence-electron chi connectivity index (χ4n) is 3.04. The molecule has 6 heteroatoms. The molecule has 0 spiro atoms. The third-order valence-corrected chi connectivity index (χ3v) is 4.26. The number of hydrogen-bond acceptors (Lipinski definition) is 4. The number of benzene rings is 2. The summed E-state index contributed by atoms with van der Waals surface area (Å²) in [7, 11) is 0. The predicted octanol–water partition coefficient (Wildman–Crippen LogP) is 3.21. The monoisotopic (exact) mass is 368 g/mol. The molecule has 1 aliphatic rings. The number of rotatable bonds is 7. The Morgan fingerprint density at radius 2 is 1.89 bits per heavy atom. The molecule has 0 radical (unpaired) electrons. The van der Waals surface area contributed by atoms with Crippen LogP contribution in [0.1, 0.15) is 17.5 Å². The first kappa shape index (κ1) is 18.8. The number of ether oxygens (including phenoxy) is 2. The minimum absolute atomic E-state index is 0.133. The number of cyclic esters (lactones) is 1. The topological polar surface area (TPSA) is 67.9 Å². The van der Waals surface area contributed by atoms with E-state index in [0.717, 1.165) is 22.6 Å². The lowest BCUT2D eigenvalue weighted by Gasteiger charge is -2.15. The van der Waals surface area contributed by atoms with Gasteiger partial charge in [-0.2, -0.15) is 0 Å². The molecule has 1 fully saturated rings. The molecule has 0 bridgehead atoms. The summed E-state index contributed by atoms with van der Waals surface area (Å²) < 4.78 is 10.9. The Kier molecular flexibility index (Phi) is 5.96. The third-order valence-electron chi connectivity index (χ3n) is 4.26. The first-order chi connectivity index (χ1) is 13.0. The van der Waals surface area contributed by atoms with Crippen LogP contribution in [0.25, 0.3) is 0 Å². The fourth-order valence-corrected chi connectivity index (χ4v) is 3.04. The number of anilines is 1. The van der Waals surface area contributed by atoms with Crippen LogP contribution in [-0.4, -0.2) is 37.8 Å². The smallest absolute Gasteiger partial charge is 0.414 e. The van der Waals surface area contributed by atoms with Crippen molar-refractivity contribution in [1.82, 2.24) is 5.32 Å². The van der Waals surface area contributed by atoms with E-state index in [2.05, 4.69) is 11.4 Å². The van der Waals surface area contributed by atoms with Crippen molar-refractivity contribution < 1.29 is 19.1 Å². The van der Waals surface area contributed by atoms with E-state index in [0.29, 0.717) is 13.2 Å². The average Bonchev–Trinajstić information content (AvgIpc) is 3.01. The SMILES string of the molecule is Cc1cc(C)cc(N2CC(CNC(=O)CCOc3ccccc3)OC2=O)c1. The van der Waals surface area contributed by atoms with Crippen molar-refractivity contribution in [1.29, 1.82) is 0 Å². The van der Waals surface area contributed by atoms with Crippen molar-refractivity contribution in [3.63, 3.8) is 0 Å². The van der Waals surface area contributed by atoms with Crippen molar-refractivity contribution in [2.24, 2.45) is 0 Å². The first-order valence-corrected chi connectivity index (χ1v) is 9.02. The third kappa shape index (κ3) is 5.23. The van der Waals surface area contributed by atoms with Gasteiger partial charge < -0.3 is 14.8 Å². The number of carbonyl (C=O) groups is 2. The molecule has 142 valence electrons. The summed E-state index contributed by atoms with van der Waals surface area (Å²) in [6, 6.07) is 15.3. The van der Waals surface area contributed by atoms with Crippen LogP contribution in [0.2, 0.25) is 0 Å². The van der Waals surface area contributed by atoms with E-state index in [1.807, 2.05) is 56.3 Å². The van der Waals surface area contributed by atoms with Gasteiger partial charge in [0, 0.05) is 5.69 Å². The molecular formula is C21H24N2O4. The van der Waals surface area contributed by atoms with E-state index in [9.17, 15) is 9.59 Å². The average molecular weight is 368 g/mol. The second-order valence-corrected chi connectivity index (χ2v) is 6.68. The van der Waals surface area contributed by atoms with Gasteiger partial charge in [0.05, 0.1) is 26.1 Å². The van der Waals surface area contributed by atoms with Gasteiger partial charge in [0.25, 0.3) is 0 Å². The summed E-state index contributed by atoms with van der Waals surface area (Å²) in [5, 5.41) is 2.80. The van der Waals surface area contributed by atoms with Crippen LogP contribution in [0.4, 0.5) is 10.5 Å². The molecule has 3 rings (SSSR count). The molecule has 1 saturated heterocycles. The number of nitrogens with zero attached hydrogens (tertiary/aromatic N) is 1. The lowest BCUT2D eigenvalue weighted by molar-refractivity contribution is -0.121. The molecule has 1 heterocycles. The van der Waals surface area contributed by atoms with Crippen molar-refractivity contribution in [3.8, 4) is 5.75 Å². The van der Waals surface area contributed by atoms with Gasteiger partial charge in [-0.25, -0.2) is 4.79 Å². The zero-order valence-corrected chi connectivity index (χ0v) is 15.6. The Bertz CT molecular complexity index is 787. The number of para-hydroxylation sites is 1. The van der Waals surface area contributed by atoms with Crippen LogP contribution in [0.3, 0.4) is 0 Å². The quantitative estimate of drug-likeness (QED) is 0.815. The molecule has 1 atom stereocenters. The Morgan fingerprint density at radius 1 is 1.19 bits per heavy atom. The molecule has 1 aliphatic heterocycles.